The molecule has 0 spiro atoms. The third kappa shape index (κ3) is 3.98. The van der Waals surface area contributed by atoms with Gasteiger partial charge < -0.3 is 9.74 Å². The molecule has 2 aliphatic heterocycles. The van der Waals surface area contributed by atoms with E-state index < -0.39 is 11.7 Å². The predicted octanol–water partition coefficient (Wildman–Crippen LogP) is 5.38. The van der Waals surface area contributed by atoms with Crippen LogP contribution in [0.15, 0.2) is 53.7 Å². The lowest BCUT2D eigenvalue weighted by molar-refractivity contribution is -0.137. The summed E-state index contributed by atoms with van der Waals surface area (Å²) in [5.74, 6) is 0.226. The molecule has 27 heavy (non-hydrogen) atoms. The molecule has 142 valence electrons. The van der Waals surface area contributed by atoms with Crippen molar-refractivity contribution in [3.8, 4) is 0 Å². The van der Waals surface area contributed by atoms with Gasteiger partial charge in [0.25, 0.3) is 0 Å². The zero-order chi connectivity index (χ0) is 19.0. The molecule has 2 aromatic carbocycles. The number of oxime groups is 1. The number of hydrogen-bond acceptors (Lipinski definition) is 3. The molecule has 0 saturated heterocycles. The minimum atomic E-state index is -4.33. The normalized spacial score (nSPS) is 22.2. The molecule has 2 heterocycles. The number of hydrogen-bond donors (Lipinski definition) is 0. The first-order chi connectivity index (χ1) is 12.9. The Bertz CT molecular complexity index is 868. The molecule has 0 aliphatic carbocycles. The first-order valence-electron chi connectivity index (χ1n) is 8.77. The van der Waals surface area contributed by atoms with E-state index in [1.165, 1.54) is 17.7 Å². The third-order valence-electron chi connectivity index (χ3n) is 5.08. The van der Waals surface area contributed by atoms with Crippen LogP contribution in [0.2, 0.25) is 0 Å². The Balaban J connectivity index is 1.59. The van der Waals surface area contributed by atoms with Gasteiger partial charge in [0.15, 0.2) is 0 Å². The Morgan fingerprint density at radius 3 is 2.67 bits per heavy atom. The molecule has 0 amide bonds. The average molecular weight is 439 g/mol. The molecule has 2 aliphatic rings. The number of benzene rings is 2. The maximum Gasteiger partial charge on any atom is 0.416 e. The van der Waals surface area contributed by atoms with Crippen LogP contribution >= 0.6 is 15.9 Å². The van der Waals surface area contributed by atoms with Gasteiger partial charge >= 0.3 is 6.18 Å². The number of para-hydroxylation sites is 1. The van der Waals surface area contributed by atoms with E-state index in [2.05, 4.69) is 32.1 Å². The summed E-state index contributed by atoms with van der Waals surface area (Å²) in [5.41, 5.74) is 2.29. The van der Waals surface area contributed by atoms with Crippen LogP contribution < -0.4 is 4.90 Å². The highest BCUT2D eigenvalue weighted by molar-refractivity contribution is 9.18. The molecule has 0 radical (unpaired) electrons. The van der Waals surface area contributed by atoms with Crippen molar-refractivity contribution in [1.82, 2.24) is 0 Å². The Kier molecular flexibility index (Phi) is 4.88. The molecule has 2 aromatic rings. The van der Waals surface area contributed by atoms with Gasteiger partial charge in [-0.05, 0) is 51.7 Å². The van der Waals surface area contributed by atoms with Crippen LogP contribution in [-0.4, -0.2) is 17.3 Å². The van der Waals surface area contributed by atoms with E-state index >= 15 is 0 Å². The van der Waals surface area contributed by atoms with E-state index in [0.29, 0.717) is 18.7 Å². The van der Waals surface area contributed by atoms with Crippen molar-refractivity contribution in [3.63, 3.8) is 0 Å². The van der Waals surface area contributed by atoms with Gasteiger partial charge in [-0.3, -0.25) is 0 Å². The molecule has 0 fully saturated rings. The smallest absolute Gasteiger partial charge is 0.391 e. The molecule has 3 nitrogen and oxygen atoms in total. The summed E-state index contributed by atoms with van der Waals surface area (Å²) in [5, 5.41) is 3.99. The van der Waals surface area contributed by atoms with Crippen LogP contribution in [0.4, 0.5) is 18.9 Å². The monoisotopic (exact) mass is 438 g/mol. The second-order valence-electron chi connectivity index (χ2n) is 6.99. The van der Waals surface area contributed by atoms with Crippen LogP contribution in [0, 0.1) is 5.92 Å². The summed E-state index contributed by atoms with van der Waals surface area (Å²) < 4.78 is 39.9. The zero-order valence-electron chi connectivity index (χ0n) is 14.4. The van der Waals surface area contributed by atoms with Crippen molar-refractivity contribution in [2.24, 2.45) is 11.1 Å². The lowest BCUT2D eigenvalue weighted by atomic mass is 9.87. The summed E-state index contributed by atoms with van der Waals surface area (Å²) in [6.07, 6.45) is -2.75. The molecule has 2 atom stereocenters. The minimum Gasteiger partial charge on any atom is -0.391 e. The molecule has 0 unspecified atom stereocenters. The van der Waals surface area contributed by atoms with E-state index in [1.807, 2.05) is 18.2 Å². The Hall–Kier alpha value is -2.02. The summed E-state index contributed by atoms with van der Waals surface area (Å²) in [6.45, 7) is 1.14. The summed E-state index contributed by atoms with van der Waals surface area (Å²) in [7, 11) is 0. The zero-order valence-corrected chi connectivity index (χ0v) is 16.0. The fraction of sp³-hybridized carbons (Fsp3) is 0.350. The van der Waals surface area contributed by atoms with Crippen LogP contribution in [-0.2, 0) is 24.0 Å². The second-order valence-corrected chi connectivity index (χ2v) is 7.90. The molecule has 0 bridgehead atoms. The topological polar surface area (TPSA) is 24.8 Å². The van der Waals surface area contributed by atoms with E-state index in [-0.39, 0.29) is 12.0 Å². The third-order valence-corrected chi connectivity index (χ3v) is 5.55. The van der Waals surface area contributed by atoms with Crippen molar-refractivity contribution in [2.75, 3.05) is 11.4 Å². The Labute approximate surface area is 163 Å². The number of alkyl halides is 3. The molecule has 4 rings (SSSR count). The van der Waals surface area contributed by atoms with Crippen molar-refractivity contribution >= 4 is 26.2 Å². The molecule has 0 saturated carbocycles. The number of anilines is 1. The molecular formula is C20H18BrF3N2O. The lowest BCUT2D eigenvalue weighted by Gasteiger charge is -2.37. The van der Waals surface area contributed by atoms with Gasteiger partial charge in [0.05, 0.1) is 5.56 Å². The molecule has 0 aromatic heterocycles. The van der Waals surface area contributed by atoms with Crippen molar-refractivity contribution in [2.45, 2.75) is 31.7 Å². The molecule has 0 N–H and O–H groups in total. The number of halogens is 4. The van der Waals surface area contributed by atoms with E-state index in [0.717, 1.165) is 29.2 Å². The summed E-state index contributed by atoms with van der Waals surface area (Å²) >= 11 is 3.38. The highest BCUT2D eigenvalue weighted by atomic mass is 79.9. The average Bonchev–Trinajstić information content (AvgIpc) is 3.08. The summed E-state index contributed by atoms with van der Waals surface area (Å²) in [4.78, 5) is 7.70. The maximum atomic E-state index is 13.0. The number of nitrogens with zero attached hydrogens (tertiary/aromatic N) is 2. The van der Waals surface area contributed by atoms with Gasteiger partial charge in [-0.1, -0.05) is 35.5 Å². The second kappa shape index (κ2) is 7.19. The SMILES string of the molecule is FC(F)(F)c1cccc(CN2C[C@@H]([C@H]3CC(Br)=NO3)Cc3ccccc32)c1. The van der Waals surface area contributed by atoms with Crippen molar-refractivity contribution in [3.05, 3.63) is 65.2 Å². The fourth-order valence-electron chi connectivity index (χ4n) is 3.80. The van der Waals surface area contributed by atoms with Gasteiger partial charge in [-0.15, -0.1) is 0 Å². The van der Waals surface area contributed by atoms with Crippen molar-refractivity contribution < 1.29 is 18.0 Å². The van der Waals surface area contributed by atoms with Crippen LogP contribution in [0.5, 0.6) is 0 Å². The highest BCUT2D eigenvalue weighted by Gasteiger charge is 2.35. The predicted molar refractivity (Wildman–Crippen MR) is 102 cm³/mol. The maximum absolute atomic E-state index is 13.0. The highest BCUT2D eigenvalue weighted by Crippen LogP contribution is 2.36. The fourth-order valence-corrected chi connectivity index (χ4v) is 4.21. The van der Waals surface area contributed by atoms with Gasteiger partial charge in [0.1, 0.15) is 10.7 Å². The Morgan fingerprint density at radius 2 is 1.93 bits per heavy atom. The summed E-state index contributed by atoms with van der Waals surface area (Å²) in [6, 6.07) is 13.6. The van der Waals surface area contributed by atoms with Crippen molar-refractivity contribution in [1.29, 1.82) is 0 Å². The van der Waals surface area contributed by atoms with Gasteiger partial charge in [0, 0.05) is 31.1 Å². The van der Waals surface area contributed by atoms with Crippen LogP contribution in [0.1, 0.15) is 23.1 Å². The first kappa shape index (κ1) is 18.3. The van der Waals surface area contributed by atoms with Crippen LogP contribution in [0.3, 0.4) is 0 Å². The van der Waals surface area contributed by atoms with Crippen LogP contribution in [0.25, 0.3) is 0 Å². The van der Waals surface area contributed by atoms with E-state index in [9.17, 15) is 13.2 Å². The number of fused-ring (bicyclic) bond motifs is 1. The molecule has 7 heteroatoms. The molecular weight excluding hydrogens is 421 g/mol. The first-order valence-corrected chi connectivity index (χ1v) is 9.56. The Morgan fingerprint density at radius 1 is 1.11 bits per heavy atom. The standard InChI is InChI=1S/C20H18BrF3N2O/c21-19-10-18(27-25-19)15-9-14-5-1-2-7-17(14)26(12-15)11-13-4-3-6-16(8-13)20(22,23)24/h1-8,15,18H,9-12H2/t15-,18+/m0/s1. The lowest BCUT2D eigenvalue weighted by Crippen LogP contribution is -2.40. The van der Waals surface area contributed by atoms with Gasteiger partial charge in [0.2, 0.25) is 0 Å². The number of rotatable bonds is 3. The minimum absolute atomic E-state index is 0.0169. The quantitative estimate of drug-likeness (QED) is 0.642. The van der Waals surface area contributed by atoms with E-state index in [1.54, 1.807) is 6.07 Å². The largest absolute Gasteiger partial charge is 0.416 e. The van der Waals surface area contributed by atoms with Gasteiger partial charge in [-0.25, -0.2) is 0 Å². The van der Waals surface area contributed by atoms with E-state index in [4.69, 9.17) is 4.84 Å². The van der Waals surface area contributed by atoms with Gasteiger partial charge in [-0.2, -0.15) is 13.2 Å².